The molecule has 1 N–H and O–H groups in total. The highest BCUT2D eigenvalue weighted by atomic mass is 16.5. The lowest BCUT2D eigenvalue weighted by molar-refractivity contribution is 0.111. The van der Waals surface area contributed by atoms with E-state index in [1.165, 1.54) is 6.20 Å². The first kappa shape index (κ1) is 11.2. The minimum absolute atomic E-state index is 0.440. The summed E-state index contributed by atoms with van der Waals surface area (Å²) >= 11 is 0. The van der Waals surface area contributed by atoms with E-state index in [1.807, 2.05) is 6.07 Å². The quantitative estimate of drug-likeness (QED) is 0.818. The summed E-state index contributed by atoms with van der Waals surface area (Å²) in [4.78, 5) is 17.6. The van der Waals surface area contributed by atoms with Crippen molar-refractivity contribution in [3.8, 4) is 22.9 Å². The van der Waals surface area contributed by atoms with Crippen LogP contribution < -0.4 is 9.47 Å². The van der Waals surface area contributed by atoms with Gasteiger partial charge in [-0.25, -0.2) is 4.98 Å². The zero-order valence-electron chi connectivity index (χ0n) is 9.56. The van der Waals surface area contributed by atoms with Crippen LogP contribution >= 0.6 is 0 Å². The fourth-order valence-electron chi connectivity index (χ4n) is 1.53. The van der Waals surface area contributed by atoms with E-state index in [4.69, 9.17) is 9.47 Å². The normalized spacial score (nSPS) is 10.0. The number of carbonyl (C=O) groups excluding carboxylic acids is 1. The first-order valence-corrected chi connectivity index (χ1v) is 5.01. The first-order valence-electron chi connectivity index (χ1n) is 5.01. The highest BCUT2D eigenvalue weighted by molar-refractivity contribution is 5.73. The molecular formula is C12H12N2O3. The summed E-state index contributed by atoms with van der Waals surface area (Å²) in [7, 11) is 3.15. The first-order chi connectivity index (χ1) is 8.28. The summed E-state index contributed by atoms with van der Waals surface area (Å²) in [6, 6.07) is 5.43. The Labute approximate surface area is 98.4 Å². The SMILES string of the molecule is COc1ccc(-c2ncc(C=O)[nH]2)cc1OC. The van der Waals surface area contributed by atoms with Gasteiger partial charge in [0, 0.05) is 5.56 Å². The minimum atomic E-state index is 0.440. The molecule has 0 unspecified atom stereocenters. The van der Waals surface area contributed by atoms with Crippen molar-refractivity contribution in [1.82, 2.24) is 9.97 Å². The average Bonchev–Trinajstić information content (AvgIpc) is 2.86. The van der Waals surface area contributed by atoms with Crippen molar-refractivity contribution >= 4 is 6.29 Å². The van der Waals surface area contributed by atoms with Crippen LogP contribution in [0.2, 0.25) is 0 Å². The number of methoxy groups -OCH3 is 2. The molecule has 88 valence electrons. The summed E-state index contributed by atoms with van der Waals surface area (Å²) < 4.78 is 10.3. The third-order valence-corrected chi connectivity index (χ3v) is 2.38. The van der Waals surface area contributed by atoms with Crippen LogP contribution in [0, 0.1) is 0 Å². The zero-order chi connectivity index (χ0) is 12.3. The van der Waals surface area contributed by atoms with E-state index in [0.29, 0.717) is 23.0 Å². The number of nitrogens with zero attached hydrogens (tertiary/aromatic N) is 1. The van der Waals surface area contributed by atoms with Crippen LogP contribution in [0.1, 0.15) is 10.5 Å². The van der Waals surface area contributed by atoms with Gasteiger partial charge in [0.15, 0.2) is 17.8 Å². The van der Waals surface area contributed by atoms with Crippen LogP contribution in [0.5, 0.6) is 11.5 Å². The van der Waals surface area contributed by atoms with Gasteiger partial charge in [0.2, 0.25) is 0 Å². The molecule has 0 saturated heterocycles. The van der Waals surface area contributed by atoms with Crippen molar-refractivity contribution < 1.29 is 14.3 Å². The molecule has 0 spiro atoms. The second-order valence-corrected chi connectivity index (χ2v) is 3.37. The molecule has 0 aliphatic heterocycles. The number of benzene rings is 1. The number of hydrogen-bond donors (Lipinski definition) is 1. The van der Waals surface area contributed by atoms with Crippen molar-refractivity contribution in [3.05, 3.63) is 30.1 Å². The second kappa shape index (κ2) is 4.69. The molecule has 1 aromatic heterocycles. The molecule has 1 heterocycles. The summed E-state index contributed by atoms with van der Waals surface area (Å²) in [5.41, 5.74) is 1.27. The summed E-state index contributed by atoms with van der Waals surface area (Å²) in [6.07, 6.45) is 2.20. The lowest BCUT2D eigenvalue weighted by Gasteiger charge is -2.08. The molecule has 0 fully saturated rings. The van der Waals surface area contributed by atoms with Crippen LogP contribution in [0.15, 0.2) is 24.4 Å². The van der Waals surface area contributed by atoms with Crippen molar-refractivity contribution in [2.45, 2.75) is 0 Å². The predicted molar refractivity (Wildman–Crippen MR) is 62.5 cm³/mol. The molecule has 5 nitrogen and oxygen atoms in total. The van der Waals surface area contributed by atoms with Gasteiger partial charge in [-0.1, -0.05) is 0 Å². The van der Waals surface area contributed by atoms with Crippen molar-refractivity contribution in [2.24, 2.45) is 0 Å². The second-order valence-electron chi connectivity index (χ2n) is 3.37. The topological polar surface area (TPSA) is 64.2 Å². The zero-order valence-corrected chi connectivity index (χ0v) is 9.56. The molecule has 0 atom stereocenters. The van der Waals surface area contributed by atoms with Gasteiger partial charge in [-0.3, -0.25) is 4.79 Å². The van der Waals surface area contributed by atoms with E-state index in [2.05, 4.69) is 9.97 Å². The van der Waals surface area contributed by atoms with Gasteiger partial charge in [-0.05, 0) is 18.2 Å². The van der Waals surface area contributed by atoms with Crippen molar-refractivity contribution in [1.29, 1.82) is 0 Å². The van der Waals surface area contributed by atoms with E-state index in [0.717, 1.165) is 11.8 Å². The van der Waals surface area contributed by atoms with E-state index < -0.39 is 0 Å². The molecule has 0 aliphatic rings. The van der Waals surface area contributed by atoms with Gasteiger partial charge in [-0.2, -0.15) is 0 Å². The Hall–Kier alpha value is -2.30. The predicted octanol–water partition coefficient (Wildman–Crippen LogP) is 1.91. The molecule has 17 heavy (non-hydrogen) atoms. The molecule has 2 aromatic rings. The third kappa shape index (κ3) is 2.13. The van der Waals surface area contributed by atoms with Crippen LogP contribution in [-0.2, 0) is 0 Å². The Balaban J connectivity index is 2.42. The number of hydrogen-bond acceptors (Lipinski definition) is 4. The average molecular weight is 232 g/mol. The van der Waals surface area contributed by atoms with Crippen LogP contribution in [0.4, 0.5) is 0 Å². The number of imidazole rings is 1. The lowest BCUT2D eigenvalue weighted by atomic mass is 10.2. The molecular weight excluding hydrogens is 220 g/mol. The van der Waals surface area contributed by atoms with E-state index in [9.17, 15) is 4.79 Å². The number of H-pyrrole nitrogens is 1. The number of aldehydes is 1. The summed E-state index contributed by atoms with van der Waals surface area (Å²) in [6.45, 7) is 0. The Bertz CT molecular complexity index is 534. The third-order valence-electron chi connectivity index (χ3n) is 2.38. The molecule has 1 aromatic carbocycles. The maximum Gasteiger partial charge on any atom is 0.167 e. The molecule has 0 aliphatic carbocycles. The fraction of sp³-hybridized carbons (Fsp3) is 0.167. The Morgan fingerprint density at radius 3 is 2.59 bits per heavy atom. The van der Waals surface area contributed by atoms with Gasteiger partial charge in [0.1, 0.15) is 5.82 Å². The number of aromatic nitrogens is 2. The lowest BCUT2D eigenvalue weighted by Crippen LogP contribution is -1.91. The van der Waals surface area contributed by atoms with Gasteiger partial charge < -0.3 is 14.5 Å². The van der Waals surface area contributed by atoms with Gasteiger partial charge >= 0.3 is 0 Å². The number of aromatic amines is 1. The Morgan fingerprint density at radius 1 is 1.24 bits per heavy atom. The van der Waals surface area contributed by atoms with Gasteiger partial charge in [-0.15, -0.1) is 0 Å². The maximum atomic E-state index is 10.6. The Morgan fingerprint density at radius 2 is 2.00 bits per heavy atom. The van der Waals surface area contributed by atoms with Crippen LogP contribution in [0.3, 0.4) is 0 Å². The molecule has 0 amide bonds. The summed E-state index contributed by atoms with van der Waals surface area (Å²) in [5.74, 6) is 1.89. The monoisotopic (exact) mass is 232 g/mol. The molecule has 0 saturated carbocycles. The largest absolute Gasteiger partial charge is 0.493 e. The number of ether oxygens (including phenoxy) is 2. The molecule has 0 bridgehead atoms. The van der Waals surface area contributed by atoms with Crippen molar-refractivity contribution in [2.75, 3.05) is 14.2 Å². The summed E-state index contributed by atoms with van der Waals surface area (Å²) in [5, 5.41) is 0. The van der Waals surface area contributed by atoms with E-state index in [1.54, 1.807) is 26.4 Å². The molecule has 5 heteroatoms. The van der Waals surface area contributed by atoms with Crippen molar-refractivity contribution in [3.63, 3.8) is 0 Å². The van der Waals surface area contributed by atoms with E-state index >= 15 is 0 Å². The molecule has 0 radical (unpaired) electrons. The smallest absolute Gasteiger partial charge is 0.167 e. The van der Waals surface area contributed by atoms with E-state index in [-0.39, 0.29) is 0 Å². The minimum Gasteiger partial charge on any atom is -0.493 e. The fourth-order valence-corrected chi connectivity index (χ4v) is 1.53. The van der Waals surface area contributed by atoms with Crippen LogP contribution in [-0.4, -0.2) is 30.5 Å². The van der Waals surface area contributed by atoms with Gasteiger partial charge in [0.05, 0.1) is 26.1 Å². The Kier molecular flexibility index (Phi) is 3.09. The van der Waals surface area contributed by atoms with Gasteiger partial charge in [0.25, 0.3) is 0 Å². The van der Waals surface area contributed by atoms with Crippen LogP contribution in [0.25, 0.3) is 11.4 Å². The number of carbonyl (C=O) groups is 1. The standard InChI is InChI=1S/C12H12N2O3/c1-16-10-4-3-8(5-11(10)17-2)12-13-6-9(7-15)14-12/h3-7H,1-2H3,(H,13,14). The number of nitrogens with one attached hydrogen (secondary N) is 1. The highest BCUT2D eigenvalue weighted by Crippen LogP contribution is 2.30. The maximum absolute atomic E-state index is 10.6. The highest BCUT2D eigenvalue weighted by Gasteiger charge is 2.08. The molecule has 2 rings (SSSR count). The number of rotatable bonds is 4.